The first-order chi connectivity index (χ1) is 9.69. The van der Waals surface area contributed by atoms with Crippen molar-refractivity contribution in [2.24, 2.45) is 0 Å². The zero-order valence-electron chi connectivity index (χ0n) is 11.7. The van der Waals surface area contributed by atoms with E-state index in [4.69, 9.17) is 16.0 Å². The Morgan fingerprint density at radius 2 is 2.20 bits per heavy atom. The third kappa shape index (κ3) is 4.21. The van der Waals surface area contributed by atoms with Gasteiger partial charge in [-0.1, -0.05) is 35.8 Å². The average molecular weight is 295 g/mol. The lowest BCUT2D eigenvalue weighted by Gasteiger charge is -2.12. The van der Waals surface area contributed by atoms with Crippen molar-refractivity contribution >= 4 is 17.6 Å². The number of benzene rings is 1. The lowest BCUT2D eigenvalue weighted by molar-refractivity contribution is 0.474. The molecule has 20 heavy (non-hydrogen) atoms. The summed E-state index contributed by atoms with van der Waals surface area (Å²) in [6, 6.07) is 8.16. The first-order valence-electron chi connectivity index (χ1n) is 6.74. The van der Waals surface area contributed by atoms with Crippen LogP contribution in [-0.4, -0.2) is 16.7 Å². The Morgan fingerprint density at radius 3 is 2.95 bits per heavy atom. The van der Waals surface area contributed by atoms with E-state index >= 15 is 0 Å². The first-order valence-corrected chi connectivity index (χ1v) is 7.12. The quantitative estimate of drug-likeness (QED) is 0.766. The third-order valence-electron chi connectivity index (χ3n) is 2.86. The zero-order valence-corrected chi connectivity index (χ0v) is 12.4. The number of nitrogens with one attached hydrogen (secondary N) is 2. The number of hydrogen-bond donors (Lipinski definition) is 2. The van der Waals surface area contributed by atoms with Crippen molar-refractivity contribution in [1.82, 2.24) is 15.5 Å². The van der Waals surface area contributed by atoms with E-state index < -0.39 is 0 Å². The molecule has 1 unspecified atom stereocenters. The molecule has 0 spiro atoms. The molecule has 0 radical (unpaired) electrons. The molecule has 2 aromatic rings. The summed E-state index contributed by atoms with van der Waals surface area (Å²) in [7, 11) is 0. The Kier molecular flexibility index (Phi) is 5.38. The van der Waals surface area contributed by atoms with Gasteiger partial charge in [-0.2, -0.15) is 0 Å². The fraction of sp³-hybridized carbons (Fsp3) is 0.429. The highest BCUT2D eigenvalue weighted by Gasteiger charge is 2.10. The molecule has 1 atom stereocenters. The maximum Gasteiger partial charge on any atom is 0.315 e. The number of nitrogens with zero attached hydrogens (tertiary/aromatic N) is 2. The summed E-state index contributed by atoms with van der Waals surface area (Å²) in [5, 5.41) is 15.1. The van der Waals surface area contributed by atoms with Crippen LogP contribution in [-0.2, 0) is 6.54 Å². The highest BCUT2D eigenvalue weighted by molar-refractivity contribution is 6.30. The van der Waals surface area contributed by atoms with Crippen molar-refractivity contribution in [3.05, 3.63) is 40.7 Å². The van der Waals surface area contributed by atoms with E-state index in [9.17, 15) is 0 Å². The monoisotopic (exact) mass is 294 g/mol. The predicted molar refractivity (Wildman–Crippen MR) is 79.8 cm³/mol. The van der Waals surface area contributed by atoms with Crippen LogP contribution >= 0.6 is 11.6 Å². The molecular formula is C14H19ClN4O. The van der Waals surface area contributed by atoms with Crippen molar-refractivity contribution in [2.45, 2.75) is 32.9 Å². The minimum absolute atomic E-state index is 0.0469. The minimum atomic E-state index is 0.0469. The molecule has 0 bridgehead atoms. The van der Waals surface area contributed by atoms with Crippen LogP contribution in [0.5, 0.6) is 0 Å². The van der Waals surface area contributed by atoms with Gasteiger partial charge >= 0.3 is 6.01 Å². The normalized spacial score (nSPS) is 12.3. The lowest BCUT2D eigenvalue weighted by atomic mass is 10.1. The number of halogens is 1. The van der Waals surface area contributed by atoms with Gasteiger partial charge in [-0.25, -0.2) is 0 Å². The van der Waals surface area contributed by atoms with Crippen molar-refractivity contribution in [1.29, 1.82) is 0 Å². The van der Waals surface area contributed by atoms with Crippen LogP contribution < -0.4 is 10.6 Å². The van der Waals surface area contributed by atoms with Crippen molar-refractivity contribution in [2.75, 3.05) is 11.9 Å². The third-order valence-corrected chi connectivity index (χ3v) is 3.09. The number of aromatic nitrogens is 2. The largest absolute Gasteiger partial charge is 0.407 e. The van der Waals surface area contributed by atoms with Crippen LogP contribution in [0.25, 0.3) is 0 Å². The van der Waals surface area contributed by atoms with Crippen LogP contribution in [0, 0.1) is 0 Å². The summed E-state index contributed by atoms with van der Waals surface area (Å²) >= 11 is 5.98. The zero-order chi connectivity index (χ0) is 14.4. The van der Waals surface area contributed by atoms with Gasteiger partial charge in [-0.05, 0) is 37.6 Å². The molecule has 0 saturated heterocycles. The van der Waals surface area contributed by atoms with Crippen LogP contribution in [0.3, 0.4) is 0 Å². The number of hydrogen-bond acceptors (Lipinski definition) is 5. The fourth-order valence-corrected chi connectivity index (χ4v) is 2.00. The molecule has 1 aromatic heterocycles. The molecule has 0 aliphatic heterocycles. The molecule has 0 fully saturated rings. The molecule has 2 N–H and O–H groups in total. The van der Waals surface area contributed by atoms with Gasteiger partial charge in [-0.3, -0.25) is 0 Å². The maximum absolute atomic E-state index is 5.98. The Balaban J connectivity index is 1.92. The van der Waals surface area contributed by atoms with E-state index in [-0.39, 0.29) is 6.04 Å². The van der Waals surface area contributed by atoms with Gasteiger partial charge in [-0.15, -0.1) is 5.10 Å². The van der Waals surface area contributed by atoms with Crippen molar-refractivity contribution < 1.29 is 4.42 Å². The Hall–Kier alpha value is -1.59. The summed E-state index contributed by atoms with van der Waals surface area (Å²) < 4.78 is 5.52. The standard InChI is InChI=1S/C14H19ClN4O/c1-3-7-16-9-13-18-19-14(20-13)17-10(2)11-5-4-6-12(15)8-11/h4-6,8,10,16H,3,7,9H2,1-2H3,(H,17,19). The fourth-order valence-electron chi connectivity index (χ4n) is 1.80. The second-order valence-electron chi connectivity index (χ2n) is 4.60. The van der Waals surface area contributed by atoms with Gasteiger partial charge in [0, 0.05) is 5.02 Å². The van der Waals surface area contributed by atoms with Gasteiger partial charge in [0.1, 0.15) is 0 Å². The maximum atomic E-state index is 5.98. The SMILES string of the molecule is CCCNCc1nnc(NC(C)c2cccc(Cl)c2)o1. The number of anilines is 1. The topological polar surface area (TPSA) is 63.0 Å². The van der Waals surface area contributed by atoms with Crippen LogP contribution in [0.4, 0.5) is 6.01 Å². The highest BCUT2D eigenvalue weighted by Crippen LogP contribution is 2.21. The molecule has 6 heteroatoms. The molecule has 0 aliphatic carbocycles. The smallest absolute Gasteiger partial charge is 0.315 e. The van der Waals surface area contributed by atoms with Crippen LogP contribution in [0.15, 0.2) is 28.7 Å². The van der Waals surface area contributed by atoms with E-state index in [1.54, 1.807) is 0 Å². The molecule has 5 nitrogen and oxygen atoms in total. The second-order valence-corrected chi connectivity index (χ2v) is 5.04. The van der Waals surface area contributed by atoms with E-state index in [2.05, 4.69) is 27.8 Å². The van der Waals surface area contributed by atoms with Gasteiger partial charge in [0.25, 0.3) is 0 Å². The van der Waals surface area contributed by atoms with E-state index in [0.29, 0.717) is 23.5 Å². The van der Waals surface area contributed by atoms with Crippen LogP contribution in [0.1, 0.15) is 37.8 Å². The van der Waals surface area contributed by atoms with Gasteiger partial charge < -0.3 is 15.1 Å². The Morgan fingerprint density at radius 1 is 1.35 bits per heavy atom. The van der Waals surface area contributed by atoms with E-state index in [1.165, 1.54) is 0 Å². The Bertz CT molecular complexity index is 543. The number of rotatable bonds is 7. The minimum Gasteiger partial charge on any atom is -0.407 e. The molecule has 2 rings (SSSR count). The summed E-state index contributed by atoms with van der Waals surface area (Å²) in [5.74, 6) is 0.583. The summed E-state index contributed by atoms with van der Waals surface area (Å²) in [5.41, 5.74) is 1.07. The van der Waals surface area contributed by atoms with Gasteiger partial charge in [0.05, 0.1) is 12.6 Å². The summed E-state index contributed by atoms with van der Waals surface area (Å²) in [6.45, 7) is 5.66. The molecule has 0 saturated carbocycles. The lowest BCUT2D eigenvalue weighted by Crippen LogP contribution is -2.13. The van der Waals surface area contributed by atoms with E-state index in [0.717, 1.165) is 18.5 Å². The van der Waals surface area contributed by atoms with Crippen molar-refractivity contribution in [3.8, 4) is 0 Å². The van der Waals surface area contributed by atoms with Crippen LogP contribution in [0.2, 0.25) is 5.02 Å². The summed E-state index contributed by atoms with van der Waals surface area (Å²) in [6.07, 6.45) is 1.07. The molecule has 0 aliphatic rings. The first kappa shape index (κ1) is 14.8. The van der Waals surface area contributed by atoms with Gasteiger partial charge in [0.15, 0.2) is 0 Å². The van der Waals surface area contributed by atoms with E-state index in [1.807, 2.05) is 31.2 Å². The van der Waals surface area contributed by atoms with Gasteiger partial charge in [0.2, 0.25) is 5.89 Å². The second kappa shape index (κ2) is 7.26. The molecular weight excluding hydrogens is 276 g/mol. The van der Waals surface area contributed by atoms with Crippen molar-refractivity contribution in [3.63, 3.8) is 0 Å². The predicted octanol–water partition coefficient (Wildman–Crippen LogP) is 3.40. The highest BCUT2D eigenvalue weighted by atomic mass is 35.5. The summed E-state index contributed by atoms with van der Waals surface area (Å²) in [4.78, 5) is 0. The molecule has 1 heterocycles. The average Bonchev–Trinajstić information content (AvgIpc) is 2.86. The molecule has 0 amide bonds. The molecule has 108 valence electrons. The Labute approximate surface area is 123 Å². The molecule has 1 aromatic carbocycles.